The third kappa shape index (κ3) is 2.10. The normalized spacial score (nSPS) is 29.6. The number of anilines is 1. The highest BCUT2D eigenvalue weighted by Gasteiger charge is 2.42. The highest BCUT2D eigenvalue weighted by Crippen LogP contribution is 2.34. The average molecular weight is 266 g/mol. The number of fused-ring (bicyclic) bond motifs is 2. The zero-order valence-corrected chi connectivity index (χ0v) is 11.0. The Balaban J connectivity index is 1.71. The lowest BCUT2D eigenvalue weighted by atomic mass is 9.88. The summed E-state index contributed by atoms with van der Waals surface area (Å²) < 4.78 is 0. The molecule has 5 heteroatoms. The van der Waals surface area contributed by atoms with Crippen LogP contribution in [0.5, 0.6) is 0 Å². The van der Waals surface area contributed by atoms with Crippen molar-refractivity contribution in [3.05, 3.63) is 23.0 Å². The van der Waals surface area contributed by atoms with Crippen LogP contribution in [0.1, 0.15) is 25.0 Å². The first-order valence-corrected chi connectivity index (χ1v) is 6.71. The fraction of sp³-hybridized carbons (Fsp3) is 0.538. The number of halogens is 1. The van der Waals surface area contributed by atoms with Gasteiger partial charge in [-0.15, -0.1) is 0 Å². The third-order valence-electron chi connectivity index (χ3n) is 3.95. The Kier molecular flexibility index (Phi) is 2.99. The molecule has 3 heterocycles. The third-order valence-corrected chi connectivity index (χ3v) is 4.16. The number of hydrogen-bond acceptors (Lipinski definition) is 3. The van der Waals surface area contributed by atoms with Crippen molar-refractivity contribution in [2.45, 2.75) is 38.3 Å². The van der Waals surface area contributed by atoms with Crippen molar-refractivity contribution in [1.29, 1.82) is 0 Å². The second-order valence-corrected chi connectivity index (χ2v) is 5.53. The molecule has 1 aromatic heterocycles. The van der Waals surface area contributed by atoms with Gasteiger partial charge in [-0.3, -0.25) is 4.79 Å². The van der Waals surface area contributed by atoms with E-state index in [9.17, 15) is 4.79 Å². The number of nitrogens with one attached hydrogen (secondary N) is 2. The van der Waals surface area contributed by atoms with Gasteiger partial charge in [0.2, 0.25) is 5.91 Å². The van der Waals surface area contributed by atoms with Crippen molar-refractivity contribution in [1.82, 2.24) is 10.3 Å². The van der Waals surface area contributed by atoms with Gasteiger partial charge in [0.25, 0.3) is 0 Å². The average Bonchev–Trinajstić information content (AvgIpc) is 2.94. The number of amides is 1. The van der Waals surface area contributed by atoms with E-state index in [0.717, 1.165) is 24.2 Å². The molecule has 2 fully saturated rings. The number of carbonyl (C=O) groups excluding carboxylic acids is 1. The first-order valence-electron chi connectivity index (χ1n) is 6.33. The standard InChI is InChI=1S/C13H16ClN3O/c1-7-10(4-5-12(14)15-7)17-13(18)9-6-8-2-3-11(9)16-8/h4-5,8-9,11,16H,2-3,6H2,1H3,(H,17,18). The molecule has 0 saturated carbocycles. The number of rotatable bonds is 2. The van der Waals surface area contributed by atoms with E-state index in [2.05, 4.69) is 15.6 Å². The lowest BCUT2D eigenvalue weighted by Crippen LogP contribution is -2.33. The van der Waals surface area contributed by atoms with E-state index in [1.165, 1.54) is 6.42 Å². The Morgan fingerprint density at radius 2 is 2.33 bits per heavy atom. The Labute approximate surface area is 111 Å². The van der Waals surface area contributed by atoms with E-state index in [0.29, 0.717) is 17.2 Å². The van der Waals surface area contributed by atoms with Crippen LogP contribution in [0.3, 0.4) is 0 Å². The van der Waals surface area contributed by atoms with Gasteiger partial charge in [0.05, 0.1) is 17.3 Å². The number of carbonyl (C=O) groups is 1. The van der Waals surface area contributed by atoms with Crippen LogP contribution in [-0.2, 0) is 4.79 Å². The van der Waals surface area contributed by atoms with Crippen molar-refractivity contribution < 1.29 is 4.79 Å². The van der Waals surface area contributed by atoms with Crippen LogP contribution in [-0.4, -0.2) is 23.0 Å². The molecule has 3 unspecified atom stereocenters. The van der Waals surface area contributed by atoms with Gasteiger partial charge in [0, 0.05) is 12.1 Å². The maximum Gasteiger partial charge on any atom is 0.229 e. The molecule has 2 bridgehead atoms. The number of aromatic nitrogens is 1. The van der Waals surface area contributed by atoms with Crippen LogP contribution in [0, 0.1) is 12.8 Å². The molecule has 2 N–H and O–H groups in total. The van der Waals surface area contributed by atoms with Crippen LogP contribution in [0.25, 0.3) is 0 Å². The summed E-state index contributed by atoms with van der Waals surface area (Å²) in [6.45, 7) is 1.85. The van der Waals surface area contributed by atoms with Crippen LogP contribution in [0.2, 0.25) is 5.15 Å². The first-order chi connectivity index (χ1) is 8.63. The number of nitrogens with zero attached hydrogens (tertiary/aromatic N) is 1. The Morgan fingerprint density at radius 1 is 1.50 bits per heavy atom. The van der Waals surface area contributed by atoms with Gasteiger partial charge in [-0.05, 0) is 38.3 Å². The monoisotopic (exact) mass is 265 g/mol. The van der Waals surface area contributed by atoms with E-state index in [-0.39, 0.29) is 11.8 Å². The van der Waals surface area contributed by atoms with Crippen molar-refractivity contribution >= 4 is 23.2 Å². The summed E-state index contributed by atoms with van der Waals surface area (Å²) in [6, 6.07) is 4.40. The molecule has 0 radical (unpaired) electrons. The topological polar surface area (TPSA) is 54.0 Å². The fourth-order valence-electron chi connectivity index (χ4n) is 3.00. The van der Waals surface area contributed by atoms with Crippen molar-refractivity contribution in [2.75, 3.05) is 5.32 Å². The zero-order chi connectivity index (χ0) is 12.7. The van der Waals surface area contributed by atoms with E-state index in [1.54, 1.807) is 6.07 Å². The second kappa shape index (κ2) is 4.52. The minimum Gasteiger partial charge on any atom is -0.324 e. The molecule has 1 amide bonds. The molecule has 3 atom stereocenters. The molecule has 3 rings (SSSR count). The molecule has 18 heavy (non-hydrogen) atoms. The summed E-state index contributed by atoms with van der Waals surface area (Å²) >= 11 is 5.80. The van der Waals surface area contributed by atoms with E-state index >= 15 is 0 Å². The fourth-order valence-corrected chi connectivity index (χ4v) is 3.19. The van der Waals surface area contributed by atoms with Gasteiger partial charge >= 0.3 is 0 Å². The first kappa shape index (κ1) is 11.9. The van der Waals surface area contributed by atoms with Crippen LogP contribution >= 0.6 is 11.6 Å². The van der Waals surface area contributed by atoms with Crippen LogP contribution in [0.15, 0.2) is 12.1 Å². The maximum atomic E-state index is 12.2. The number of hydrogen-bond donors (Lipinski definition) is 2. The molecule has 0 aromatic carbocycles. The smallest absolute Gasteiger partial charge is 0.229 e. The Hall–Kier alpha value is -1.13. The van der Waals surface area contributed by atoms with Gasteiger partial charge in [-0.1, -0.05) is 11.6 Å². The highest BCUT2D eigenvalue weighted by molar-refractivity contribution is 6.29. The summed E-state index contributed by atoms with van der Waals surface area (Å²) in [7, 11) is 0. The van der Waals surface area contributed by atoms with Gasteiger partial charge in [0.1, 0.15) is 5.15 Å². The summed E-state index contributed by atoms with van der Waals surface area (Å²) in [5.41, 5.74) is 1.51. The molecular weight excluding hydrogens is 250 g/mol. The number of pyridine rings is 1. The lowest BCUT2D eigenvalue weighted by Gasteiger charge is -2.19. The molecule has 0 aliphatic carbocycles. The van der Waals surface area contributed by atoms with Crippen molar-refractivity contribution in [3.8, 4) is 0 Å². The van der Waals surface area contributed by atoms with Crippen molar-refractivity contribution in [2.24, 2.45) is 5.92 Å². The molecular formula is C13H16ClN3O. The SMILES string of the molecule is Cc1nc(Cl)ccc1NC(=O)C1CC2CCC1N2. The van der Waals surface area contributed by atoms with E-state index in [1.807, 2.05) is 13.0 Å². The minimum absolute atomic E-state index is 0.0961. The molecule has 0 spiro atoms. The van der Waals surface area contributed by atoms with Gasteiger partial charge in [-0.2, -0.15) is 0 Å². The van der Waals surface area contributed by atoms with Crippen LogP contribution < -0.4 is 10.6 Å². The Morgan fingerprint density at radius 3 is 2.94 bits per heavy atom. The summed E-state index contributed by atoms with van der Waals surface area (Å²) in [4.78, 5) is 16.4. The number of aryl methyl sites for hydroxylation is 1. The van der Waals surface area contributed by atoms with Gasteiger partial charge < -0.3 is 10.6 Å². The molecule has 1 aromatic rings. The summed E-state index contributed by atoms with van der Waals surface area (Å²) in [6.07, 6.45) is 3.27. The molecule has 2 saturated heterocycles. The largest absolute Gasteiger partial charge is 0.324 e. The highest BCUT2D eigenvalue weighted by atomic mass is 35.5. The Bertz CT molecular complexity index is 491. The van der Waals surface area contributed by atoms with Gasteiger partial charge in [-0.25, -0.2) is 4.98 Å². The summed E-state index contributed by atoms with van der Waals surface area (Å²) in [5, 5.41) is 6.89. The molecule has 4 nitrogen and oxygen atoms in total. The van der Waals surface area contributed by atoms with E-state index < -0.39 is 0 Å². The minimum atomic E-state index is 0.0961. The van der Waals surface area contributed by atoms with E-state index in [4.69, 9.17) is 11.6 Å². The lowest BCUT2D eigenvalue weighted by molar-refractivity contribution is -0.120. The predicted octanol–water partition coefficient (Wildman–Crippen LogP) is 2.12. The second-order valence-electron chi connectivity index (χ2n) is 5.15. The zero-order valence-electron chi connectivity index (χ0n) is 10.2. The molecule has 2 aliphatic heterocycles. The van der Waals surface area contributed by atoms with Gasteiger partial charge in [0.15, 0.2) is 0 Å². The quantitative estimate of drug-likeness (QED) is 0.806. The predicted molar refractivity (Wildman–Crippen MR) is 70.7 cm³/mol. The maximum absolute atomic E-state index is 12.2. The summed E-state index contributed by atoms with van der Waals surface area (Å²) in [5.74, 6) is 0.195. The van der Waals surface area contributed by atoms with Crippen LogP contribution in [0.4, 0.5) is 5.69 Å². The molecule has 96 valence electrons. The van der Waals surface area contributed by atoms with Crippen molar-refractivity contribution in [3.63, 3.8) is 0 Å². The molecule has 2 aliphatic rings.